The van der Waals surface area contributed by atoms with Crippen LogP contribution in [0, 0.1) is 13.8 Å². The fourth-order valence-electron chi connectivity index (χ4n) is 1.81. The van der Waals surface area contributed by atoms with Gasteiger partial charge in [-0.1, -0.05) is 0 Å². The fourth-order valence-corrected chi connectivity index (χ4v) is 2.83. The van der Waals surface area contributed by atoms with Crippen molar-refractivity contribution in [2.75, 3.05) is 0 Å². The van der Waals surface area contributed by atoms with E-state index in [1.165, 1.54) is 9.75 Å². The van der Waals surface area contributed by atoms with Crippen LogP contribution in [0.3, 0.4) is 0 Å². The molecule has 4 heteroatoms. The molecule has 2 aromatic rings. The van der Waals surface area contributed by atoms with Crippen LogP contribution < -0.4 is 5.32 Å². The molecule has 0 saturated heterocycles. The van der Waals surface area contributed by atoms with E-state index >= 15 is 0 Å². The van der Waals surface area contributed by atoms with E-state index in [0.29, 0.717) is 6.04 Å². The topological polar surface area (TPSA) is 40.7 Å². The summed E-state index contributed by atoms with van der Waals surface area (Å²) in [5, 5.41) is 3.51. The maximum atomic E-state index is 4.19. The largest absolute Gasteiger partial charge is 0.345 e. The summed E-state index contributed by atoms with van der Waals surface area (Å²) < 4.78 is 0. The molecule has 0 saturated carbocycles. The second-order valence-electron chi connectivity index (χ2n) is 4.49. The highest BCUT2D eigenvalue weighted by molar-refractivity contribution is 7.11. The summed E-state index contributed by atoms with van der Waals surface area (Å²) in [6.45, 7) is 7.20. The van der Waals surface area contributed by atoms with Crippen molar-refractivity contribution in [1.82, 2.24) is 15.3 Å². The SMILES string of the molecule is Cc1ncc(CNC(C)Cc2ccc(C)s2)[nH]1. The molecule has 92 valence electrons. The van der Waals surface area contributed by atoms with Gasteiger partial charge in [-0.3, -0.25) is 0 Å². The molecule has 0 aliphatic heterocycles. The van der Waals surface area contributed by atoms with E-state index in [4.69, 9.17) is 0 Å². The van der Waals surface area contributed by atoms with Crippen LogP contribution in [0.15, 0.2) is 18.3 Å². The number of H-pyrrole nitrogens is 1. The quantitative estimate of drug-likeness (QED) is 0.855. The van der Waals surface area contributed by atoms with Crippen LogP contribution in [0.5, 0.6) is 0 Å². The van der Waals surface area contributed by atoms with Gasteiger partial charge in [-0.15, -0.1) is 11.3 Å². The summed E-state index contributed by atoms with van der Waals surface area (Å²) in [5.41, 5.74) is 1.15. The molecule has 2 N–H and O–H groups in total. The van der Waals surface area contributed by atoms with Gasteiger partial charge in [-0.2, -0.15) is 0 Å². The van der Waals surface area contributed by atoms with Gasteiger partial charge in [0.1, 0.15) is 5.82 Å². The van der Waals surface area contributed by atoms with Gasteiger partial charge in [-0.05, 0) is 39.3 Å². The Morgan fingerprint density at radius 3 is 2.82 bits per heavy atom. The van der Waals surface area contributed by atoms with Crippen LogP contribution in [-0.4, -0.2) is 16.0 Å². The van der Waals surface area contributed by atoms with Crippen molar-refractivity contribution in [1.29, 1.82) is 0 Å². The molecule has 2 aromatic heterocycles. The molecule has 2 heterocycles. The van der Waals surface area contributed by atoms with Crippen molar-refractivity contribution < 1.29 is 0 Å². The van der Waals surface area contributed by atoms with Crippen molar-refractivity contribution in [3.8, 4) is 0 Å². The molecule has 0 aromatic carbocycles. The first-order valence-corrected chi connectivity index (χ1v) is 6.74. The lowest BCUT2D eigenvalue weighted by Gasteiger charge is -2.11. The molecule has 1 unspecified atom stereocenters. The predicted octanol–water partition coefficient (Wildman–Crippen LogP) is 2.81. The van der Waals surface area contributed by atoms with Crippen LogP contribution in [-0.2, 0) is 13.0 Å². The number of thiophene rings is 1. The monoisotopic (exact) mass is 249 g/mol. The fraction of sp³-hybridized carbons (Fsp3) is 0.462. The van der Waals surface area contributed by atoms with Gasteiger partial charge in [0, 0.05) is 34.2 Å². The standard InChI is InChI=1S/C13H19N3S/c1-9(6-13-5-4-10(2)17-13)14-7-12-8-15-11(3)16-12/h4-5,8-9,14H,6-7H2,1-3H3,(H,15,16). The molecule has 3 nitrogen and oxygen atoms in total. The summed E-state index contributed by atoms with van der Waals surface area (Å²) in [6, 6.07) is 4.89. The minimum atomic E-state index is 0.483. The molecule has 0 spiro atoms. The Morgan fingerprint density at radius 1 is 1.41 bits per heavy atom. The van der Waals surface area contributed by atoms with Crippen molar-refractivity contribution in [2.45, 2.75) is 39.8 Å². The zero-order chi connectivity index (χ0) is 12.3. The highest BCUT2D eigenvalue weighted by Crippen LogP contribution is 2.16. The first-order valence-electron chi connectivity index (χ1n) is 5.92. The average molecular weight is 249 g/mol. The van der Waals surface area contributed by atoms with Gasteiger partial charge in [0.2, 0.25) is 0 Å². The number of imidazole rings is 1. The van der Waals surface area contributed by atoms with Crippen molar-refractivity contribution in [2.24, 2.45) is 0 Å². The van der Waals surface area contributed by atoms with Crippen LogP contribution in [0.2, 0.25) is 0 Å². The highest BCUT2D eigenvalue weighted by atomic mass is 32.1. The number of aryl methyl sites for hydroxylation is 2. The smallest absolute Gasteiger partial charge is 0.103 e. The van der Waals surface area contributed by atoms with Gasteiger partial charge in [0.15, 0.2) is 0 Å². The Bertz CT molecular complexity index is 472. The van der Waals surface area contributed by atoms with E-state index in [1.807, 2.05) is 24.5 Å². The summed E-state index contributed by atoms with van der Waals surface area (Å²) >= 11 is 1.88. The third kappa shape index (κ3) is 3.68. The Hall–Kier alpha value is -1.13. The first-order chi connectivity index (χ1) is 8.13. The second-order valence-corrected chi connectivity index (χ2v) is 5.86. The van der Waals surface area contributed by atoms with Gasteiger partial charge in [0.25, 0.3) is 0 Å². The van der Waals surface area contributed by atoms with Gasteiger partial charge < -0.3 is 10.3 Å². The normalized spacial score (nSPS) is 12.9. The molecule has 0 radical (unpaired) electrons. The van der Waals surface area contributed by atoms with Crippen molar-refractivity contribution in [3.05, 3.63) is 39.6 Å². The molecule has 0 fully saturated rings. The molecule has 0 amide bonds. The summed E-state index contributed by atoms with van der Waals surface area (Å²) in [7, 11) is 0. The number of rotatable bonds is 5. The highest BCUT2D eigenvalue weighted by Gasteiger charge is 2.05. The molecule has 0 aliphatic carbocycles. The van der Waals surface area contributed by atoms with E-state index in [2.05, 4.69) is 41.3 Å². The number of hydrogen-bond acceptors (Lipinski definition) is 3. The maximum absolute atomic E-state index is 4.19. The van der Waals surface area contributed by atoms with E-state index in [0.717, 1.165) is 24.5 Å². The predicted molar refractivity (Wildman–Crippen MR) is 72.4 cm³/mol. The van der Waals surface area contributed by atoms with Crippen molar-refractivity contribution >= 4 is 11.3 Å². The van der Waals surface area contributed by atoms with E-state index in [9.17, 15) is 0 Å². The van der Waals surface area contributed by atoms with E-state index in [-0.39, 0.29) is 0 Å². The van der Waals surface area contributed by atoms with Crippen LogP contribution >= 0.6 is 11.3 Å². The molecule has 0 aliphatic rings. The minimum Gasteiger partial charge on any atom is -0.345 e. The Morgan fingerprint density at radius 2 is 2.24 bits per heavy atom. The number of hydrogen-bond donors (Lipinski definition) is 2. The number of aromatic amines is 1. The lowest BCUT2D eigenvalue weighted by atomic mass is 10.2. The molecule has 17 heavy (non-hydrogen) atoms. The van der Waals surface area contributed by atoms with Crippen LogP contribution in [0.4, 0.5) is 0 Å². The van der Waals surface area contributed by atoms with Crippen molar-refractivity contribution in [3.63, 3.8) is 0 Å². The molecule has 1 atom stereocenters. The maximum Gasteiger partial charge on any atom is 0.103 e. The number of nitrogens with one attached hydrogen (secondary N) is 2. The van der Waals surface area contributed by atoms with Crippen LogP contribution in [0.1, 0.15) is 28.2 Å². The van der Waals surface area contributed by atoms with Gasteiger partial charge >= 0.3 is 0 Å². The molecular weight excluding hydrogens is 230 g/mol. The van der Waals surface area contributed by atoms with Gasteiger partial charge in [0.05, 0.1) is 0 Å². The van der Waals surface area contributed by atoms with E-state index in [1.54, 1.807) is 0 Å². The Balaban J connectivity index is 1.79. The zero-order valence-electron chi connectivity index (χ0n) is 10.6. The summed E-state index contributed by atoms with van der Waals surface area (Å²) in [4.78, 5) is 10.2. The Kier molecular flexibility index (Phi) is 3.97. The Labute approximate surface area is 106 Å². The summed E-state index contributed by atoms with van der Waals surface area (Å²) in [6.07, 6.45) is 2.98. The van der Waals surface area contributed by atoms with Crippen LogP contribution in [0.25, 0.3) is 0 Å². The third-order valence-corrected chi connectivity index (χ3v) is 3.72. The molecule has 0 bridgehead atoms. The molecule has 2 rings (SSSR count). The van der Waals surface area contributed by atoms with E-state index < -0.39 is 0 Å². The lowest BCUT2D eigenvalue weighted by Crippen LogP contribution is -2.27. The molecular formula is C13H19N3S. The second kappa shape index (κ2) is 5.47. The zero-order valence-corrected chi connectivity index (χ0v) is 11.4. The van der Waals surface area contributed by atoms with Gasteiger partial charge in [-0.25, -0.2) is 4.98 Å². The third-order valence-electron chi connectivity index (χ3n) is 2.70. The first kappa shape index (κ1) is 12.3. The number of nitrogens with zero attached hydrogens (tertiary/aromatic N) is 1. The average Bonchev–Trinajstić information content (AvgIpc) is 2.85. The summed E-state index contributed by atoms with van der Waals surface area (Å²) in [5.74, 6) is 0.975. The number of aromatic nitrogens is 2. The lowest BCUT2D eigenvalue weighted by molar-refractivity contribution is 0.544. The minimum absolute atomic E-state index is 0.483.